The Morgan fingerprint density at radius 2 is 1.82 bits per heavy atom. The van der Waals surface area contributed by atoms with Crippen molar-refractivity contribution >= 4 is 40.5 Å². The molecule has 28 heavy (non-hydrogen) atoms. The Balaban J connectivity index is 1.87. The van der Waals surface area contributed by atoms with Gasteiger partial charge in [0.25, 0.3) is 5.69 Å². The smallest absolute Gasteiger partial charge is 0.270 e. The lowest BCUT2D eigenvalue weighted by Crippen LogP contribution is -2.22. The van der Waals surface area contributed by atoms with Gasteiger partial charge in [-0.1, -0.05) is 29.8 Å². The molecule has 2 N–H and O–H groups in total. The number of hydrogen-bond acceptors (Lipinski definition) is 5. The molecule has 0 aromatic heterocycles. The van der Waals surface area contributed by atoms with Crippen LogP contribution in [0.2, 0.25) is 5.02 Å². The number of rotatable bonds is 7. The van der Waals surface area contributed by atoms with Crippen molar-refractivity contribution in [3.63, 3.8) is 0 Å². The average molecular weight is 403 g/mol. The quantitative estimate of drug-likeness (QED) is 0.416. The number of halogens is 1. The third-order valence-electron chi connectivity index (χ3n) is 3.94. The topological polar surface area (TPSA) is 114 Å². The molecule has 146 valence electrons. The van der Waals surface area contributed by atoms with Crippen molar-refractivity contribution < 1.29 is 14.5 Å². The Morgan fingerprint density at radius 1 is 1.14 bits per heavy atom. The Labute approximate surface area is 166 Å². The molecule has 0 saturated carbocycles. The lowest BCUT2D eigenvalue weighted by molar-refractivity contribution is -0.384. The van der Waals surface area contributed by atoms with Crippen LogP contribution in [0.3, 0.4) is 0 Å². The molecule has 0 radical (unpaired) electrons. The second-order valence-corrected chi connectivity index (χ2v) is 6.41. The number of carbonyl (C=O) groups is 2. The maximum atomic E-state index is 12.0. The number of amides is 2. The van der Waals surface area contributed by atoms with Crippen molar-refractivity contribution in [1.29, 1.82) is 0 Å². The van der Waals surface area contributed by atoms with E-state index in [0.29, 0.717) is 22.0 Å². The molecule has 0 saturated heterocycles. The maximum Gasteiger partial charge on any atom is 0.270 e. The highest BCUT2D eigenvalue weighted by Crippen LogP contribution is 2.23. The van der Waals surface area contributed by atoms with E-state index in [-0.39, 0.29) is 24.4 Å². The van der Waals surface area contributed by atoms with E-state index >= 15 is 0 Å². The van der Waals surface area contributed by atoms with Crippen molar-refractivity contribution in [2.45, 2.75) is 26.7 Å². The maximum absolute atomic E-state index is 12.0. The van der Waals surface area contributed by atoms with Gasteiger partial charge in [0.2, 0.25) is 11.8 Å². The molecule has 0 unspecified atom stereocenters. The zero-order valence-electron chi connectivity index (χ0n) is 15.4. The van der Waals surface area contributed by atoms with E-state index in [2.05, 4.69) is 15.8 Å². The summed E-state index contributed by atoms with van der Waals surface area (Å²) in [6, 6.07) is 11.1. The Kier molecular flexibility index (Phi) is 7.22. The number of nitrogens with one attached hydrogen (secondary N) is 2. The van der Waals surface area contributed by atoms with Gasteiger partial charge in [0.15, 0.2) is 0 Å². The number of nitro benzene ring substituents is 1. The molecule has 2 aromatic rings. The predicted octanol–water partition coefficient (Wildman–Crippen LogP) is 3.82. The number of benzene rings is 2. The lowest BCUT2D eigenvalue weighted by atomic mass is 10.1. The van der Waals surface area contributed by atoms with Gasteiger partial charge in [-0.05, 0) is 31.5 Å². The van der Waals surface area contributed by atoms with Crippen LogP contribution in [0.4, 0.5) is 11.4 Å². The molecular formula is C19H19ClN4O4. The molecule has 0 fully saturated rings. The van der Waals surface area contributed by atoms with Gasteiger partial charge in [-0.15, -0.1) is 0 Å². The number of nitro groups is 1. The third-order valence-corrected chi connectivity index (χ3v) is 4.35. The van der Waals surface area contributed by atoms with Crippen LogP contribution in [0.5, 0.6) is 0 Å². The van der Waals surface area contributed by atoms with Crippen LogP contribution in [-0.2, 0) is 9.59 Å². The highest BCUT2D eigenvalue weighted by molar-refractivity contribution is 6.31. The summed E-state index contributed by atoms with van der Waals surface area (Å²) in [5, 5.41) is 18.0. The highest BCUT2D eigenvalue weighted by Gasteiger charge is 2.10. The number of hydrazone groups is 1. The minimum absolute atomic E-state index is 0.0246. The zero-order chi connectivity index (χ0) is 20.7. The number of carbonyl (C=O) groups excluding carboxylic acids is 2. The van der Waals surface area contributed by atoms with Crippen LogP contribution in [-0.4, -0.2) is 22.4 Å². The molecule has 0 spiro atoms. The molecule has 2 aromatic carbocycles. The van der Waals surface area contributed by atoms with E-state index < -0.39 is 10.8 Å². The van der Waals surface area contributed by atoms with Gasteiger partial charge in [0.1, 0.15) is 0 Å². The fourth-order valence-corrected chi connectivity index (χ4v) is 2.47. The van der Waals surface area contributed by atoms with Crippen LogP contribution in [0, 0.1) is 17.0 Å². The largest absolute Gasteiger partial charge is 0.326 e. The van der Waals surface area contributed by atoms with E-state index in [4.69, 9.17) is 11.6 Å². The molecule has 0 atom stereocenters. The van der Waals surface area contributed by atoms with E-state index in [1.807, 2.05) is 0 Å². The molecule has 0 heterocycles. The molecule has 0 bridgehead atoms. The first-order valence-corrected chi connectivity index (χ1v) is 8.78. The van der Waals surface area contributed by atoms with Crippen LogP contribution < -0.4 is 10.7 Å². The van der Waals surface area contributed by atoms with E-state index in [1.165, 1.54) is 18.2 Å². The summed E-state index contributed by atoms with van der Waals surface area (Å²) in [6.45, 7) is 3.41. The van der Waals surface area contributed by atoms with Crippen LogP contribution in [0.25, 0.3) is 0 Å². The molecule has 8 nitrogen and oxygen atoms in total. The van der Waals surface area contributed by atoms with Crippen LogP contribution in [0.1, 0.15) is 30.9 Å². The number of nitrogens with zero attached hydrogens (tertiary/aromatic N) is 2. The summed E-state index contributed by atoms with van der Waals surface area (Å²) >= 11 is 6.01. The van der Waals surface area contributed by atoms with Gasteiger partial charge in [-0.2, -0.15) is 5.10 Å². The molecule has 0 aliphatic carbocycles. The van der Waals surface area contributed by atoms with Crippen molar-refractivity contribution in [2.75, 3.05) is 5.32 Å². The normalized spacial score (nSPS) is 11.0. The zero-order valence-corrected chi connectivity index (χ0v) is 16.1. The van der Waals surface area contributed by atoms with Crippen molar-refractivity contribution in [3.05, 3.63) is 68.7 Å². The Hall–Kier alpha value is -3.26. The van der Waals surface area contributed by atoms with Gasteiger partial charge >= 0.3 is 0 Å². The average Bonchev–Trinajstić information content (AvgIpc) is 2.68. The summed E-state index contributed by atoms with van der Waals surface area (Å²) in [6.07, 6.45) is -0.0830. The van der Waals surface area contributed by atoms with Gasteiger partial charge in [0, 0.05) is 41.2 Å². The molecule has 9 heteroatoms. The first-order chi connectivity index (χ1) is 13.3. The summed E-state index contributed by atoms with van der Waals surface area (Å²) < 4.78 is 0. The minimum Gasteiger partial charge on any atom is -0.326 e. The van der Waals surface area contributed by atoms with E-state index in [0.717, 1.165) is 5.56 Å². The summed E-state index contributed by atoms with van der Waals surface area (Å²) in [5.41, 5.74) is 4.56. The second-order valence-electron chi connectivity index (χ2n) is 6.00. The second kappa shape index (κ2) is 9.61. The SMILES string of the molecule is CC(=NNC(=O)CCC(=O)Nc1cccc(Cl)c1C)c1cccc([N+](=O)[O-])c1. The van der Waals surface area contributed by atoms with E-state index in [9.17, 15) is 19.7 Å². The number of hydrogen-bond donors (Lipinski definition) is 2. The number of anilines is 1. The van der Waals surface area contributed by atoms with Crippen molar-refractivity contribution in [3.8, 4) is 0 Å². The van der Waals surface area contributed by atoms with Crippen molar-refractivity contribution in [1.82, 2.24) is 5.43 Å². The predicted molar refractivity (Wildman–Crippen MR) is 108 cm³/mol. The van der Waals surface area contributed by atoms with Crippen molar-refractivity contribution in [2.24, 2.45) is 5.10 Å². The Bertz CT molecular complexity index is 943. The third kappa shape index (κ3) is 5.88. The standard InChI is InChI=1S/C19H19ClN4O4/c1-12-16(20)7-4-8-17(12)21-18(25)9-10-19(26)23-22-13(2)14-5-3-6-15(11-14)24(27)28/h3-8,11H,9-10H2,1-2H3,(H,21,25)(H,23,26). The Morgan fingerprint density at radius 3 is 2.54 bits per heavy atom. The molecule has 2 amide bonds. The molecule has 0 aliphatic rings. The molecule has 0 aliphatic heterocycles. The first-order valence-electron chi connectivity index (χ1n) is 8.41. The van der Waals surface area contributed by atoms with Crippen LogP contribution >= 0.6 is 11.6 Å². The van der Waals surface area contributed by atoms with Gasteiger partial charge in [0.05, 0.1) is 10.6 Å². The molecule has 2 rings (SSSR count). The van der Waals surface area contributed by atoms with E-state index in [1.54, 1.807) is 38.1 Å². The summed E-state index contributed by atoms with van der Waals surface area (Å²) in [7, 11) is 0. The number of non-ortho nitro benzene ring substituents is 1. The lowest BCUT2D eigenvalue weighted by Gasteiger charge is -2.09. The summed E-state index contributed by atoms with van der Waals surface area (Å²) in [4.78, 5) is 34.2. The fraction of sp³-hybridized carbons (Fsp3) is 0.211. The first kappa shape index (κ1) is 21.0. The fourth-order valence-electron chi connectivity index (χ4n) is 2.29. The molecular weight excluding hydrogens is 384 g/mol. The highest BCUT2D eigenvalue weighted by atomic mass is 35.5. The minimum atomic E-state index is -0.504. The van der Waals surface area contributed by atoms with Gasteiger partial charge in [-0.25, -0.2) is 5.43 Å². The van der Waals surface area contributed by atoms with Gasteiger partial charge in [-0.3, -0.25) is 19.7 Å². The monoisotopic (exact) mass is 402 g/mol. The summed E-state index contributed by atoms with van der Waals surface area (Å²) in [5.74, 6) is -0.761. The van der Waals surface area contributed by atoms with Gasteiger partial charge < -0.3 is 5.32 Å². The van der Waals surface area contributed by atoms with Crippen LogP contribution in [0.15, 0.2) is 47.6 Å².